The lowest BCUT2D eigenvalue weighted by Crippen LogP contribution is -2.40. The summed E-state index contributed by atoms with van der Waals surface area (Å²) in [5.74, 6) is 0.0210. The summed E-state index contributed by atoms with van der Waals surface area (Å²) in [4.78, 5) is 17.8. The maximum atomic E-state index is 12.7. The van der Waals surface area contributed by atoms with E-state index in [1.165, 1.54) is 45.5 Å². The van der Waals surface area contributed by atoms with Gasteiger partial charge in [-0.1, -0.05) is 31.3 Å². The van der Waals surface area contributed by atoms with Crippen LogP contribution < -0.4 is 4.80 Å². The summed E-state index contributed by atoms with van der Waals surface area (Å²) < 4.78 is 35.1. The zero-order chi connectivity index (χ0) is 22.2. The summed E-state index contributed by atoms with van der Waals surface area (Å²) in [5.41, 5.74) is 2.61. The van der Waals surface area contributed by atoms with Gasteiger partial charge in [0.25, 0.3) is 5.91 Å². The normalized spacial score (nSPS) is 16.3. The van der Waals surface area contributed by atoms with Crippen molar-refractivity contribution in [2.24, 2.45) is 12.0 Å². The molecule has 0 unspecified atom stereocenters. The summed E-state index contributed by atoms with van der Waals surface area (Å²) in [6.45, 7) is 5.73. The molecule has 1 fully saturated rings. The molecule has 0 N–H and O–H groups in total. The molecule has 1 amide bonds. The number of hydrogen-bond acceptors (Lipinski definition) is 5. The molecule has 1 saturated heterocycles. The van der Waals surface area contributed by atoms with E-state index in [-0.39, 0.29) is 4.90 Å². The van der Waals surface area contributed by atoms with Crippen molar-refractivity contribution in [3.05, 3.63) is 58.4 Å². The van der Waals surface area contributed by atoms with E-state index in [1.807, 2.05) is 11.6 Å². The average Bonchev–Trinajstić information content (AvgIpc) is 3.09. The summed E-state index contributed by atoms with van der Waals surface area (Å²) in [7, 11) is -1.70. The first kappa shape index (κ1) is 21.9. The Bertz CT molecular complexity index is 1280. The molecule has 0 saturated carbocycles. The summed E-state index contributed by atoms with van der Waals surface area (Å²) in [6, 6.07) is 12.3. The molecule has 0 atom stereocenters. The summed E-state index contributed by atoms with van der Waals surface area (Å²) in [6.07, 6.45) is 0. The van der Waals surface area contributed by atoms with E-state index in [1.54, 1.807) is 0 Å². The van der Waals surface area contributed by atoms with Crippen molar-refractivity contribution in [1.29, 1.82) is 0 Å². The highest BCUT2D eigenvalue weighted by molar-refractivity contribution is 7.89. The van der Waals surface area contributed by atoms with Gasteiger partial charge in [-0.3, -0.25) is 4.79 Å². The van der Waals surface area contributed by atoms with Crippen LogP contribution in [0, 0.1) is 0 Å². The highest BCUT2D eigenvalue weighted by Crippen LogP contribution is 2.23. The third kappa shape index (κ3) is 4.36. The van der Waals surface area contributed by atoms with Crippen molar-refractivity contribution in [2.75, 3.05) is 26.3 Å². The number of morpholine rings is 1. The maximum absolute atomic E-state index is 12.7. The minimum atomic E-state index is -3.59. The van der Waals surface area contributed by atoms with E-state index < -0.39 is 15.9 Å². The average molecular weight is 460 g/mol. The molecule has 31 heavy (non-hydrogen) atoms. The molecule has 0 aliphatic carbocycles. The number of benzene rings is 2. The second kappa shape index (κ2) is 8.66. The van der Waals surface area contributed by atoms with Gasteiger partial charge in [0.1, 0.15) is 0 Å². The molecule has 0 spiro atoms. The molecular formula is C22H25N3O4S2. The number of aromatic nitrogens is 1. The van der Waals surface area contributed by atoms with Gasteiger partial charge in [0, 0.05) is 25.7 Å². The predicted octanol–water partition coefficient (Wildman–Crippen LogP) is 3.13. The van der Waals surface area contributed by atoms with Gasteiger partial charge in [0.2, 0.25) is 10.0 Å². The topological polar surface area (TPSA) is 81.0 Å². The van der Waals surface area contributed by atoms with Crippen LogP contribution in [-0.4, -0.2) is 49.5 Å². The third-order valence-corrected chi connectivity index (χ3v) is 8.41. The Morgan fingerprint density at radius 3 is 2.42 bits per heavy atom. The number of carbonyl (C=O) groups is 1. The predicted molar refractivity (Wildman–Crippen MR) is 121 cm³/mol. The van der Waals surface area contributed by atoms with Gasteiger partial charge < -0.3 is 9.30 Å². The molecule has 1 aliphatic rings. The van der Waals surface area contributed by atoms with Crippen molar-refractivity contribution >= 4 is 37.5 Å². The van der Waals surface area contributed by atoms with Crippen LogP contribution in [0.1, 0.15) is 35.7 Å². The Morgan fingerprint density at radius 2 is 1.77 bits per heavy atom. The van der Waals surface area contributed by atoms with Crippen LogP contribution in [0.3, 0.4) is 0 Å². The van der Waals surface area contributed by atoms with Crippen molar-refractivity contribution in [1.82, 2.24) is 8.87 Å². The SMILES string of the molecule is CC(C)c1ccc2c(c1)sc(=NC(=O)c1ccc(S(=O)(=O)N3CCOCC3)cc1)n2C. The molecule has 4 rings (SSSR count). The number of sulfonamides is 1. The van der Waals surface area contributed by atoms with Gasteiger partial charge in [-0.15, -0.1) is 0 Å². The van der Waals surface area contributed by atoms with Gasteiger partial charge in [-0.05, 0) is 47.9 Å². The van der Waals surface area contributed by atoms with E-state index >= 15 is 0 Å². The number of hydrogen-bond donors (Lipinski definition) is 0. The Kier molecular flexibility index (Phi) is 6.11. The quantitative estimate of drug-likeness (QED) is 0.600. The van der Waals surface area contributed by atoms with Crippen LogP contribution in [0.15, 0.2) is 52.4 Å². The molecule has 2 heterocycles. The van der Waals surface area contributed by atoms with Gasteiger partial charge in [-0.25, -0.2) is 8.42 Å². The number of amides is 1. The standard InChI is InChI=1S/C22H25N3O4S2/c1-15(2)17-6-9-19-20(14-17)30-22(24(19)3)23-21(26)16-4-7-18(8-5-16)31(27,28)25-10-12-29-13-11-25/h4-9,14-15H,10-13H2,1-3H3. The van der Waals surface area contributed by atoms with Crippen LogP contribution in [0.25, 0.3) is 10.2 Å². The fraction of sp³-hybridized carbons (Fsp3) is 0.364. The van der Waals surface area contributed by atoms with Crippen LogP contribution in [0.2, 0.25) is 0 Å². The molecule has 3 aromatic rings. The summed E-state index contributed by atoms with van der Waals surface area (Å²) in [5, 5.41) is 0. The van der Waals surface area contributed by atoms with E-state index in [0.717, 1.165) is 10.2 Å². The second-order valence-electron chi connectivity index (χ2n) is 7.78. The zero-order valence-electron chi connectivity index (χ0n) is 17.7. The van der Waals surface area contributed by atoms with Gasteiger partial charge in [0.05, 0.1) is 28.3 Å². The molecule has 1 aliphatic heterocycles. The fourth-order valence-electron chi connectivity index (χ4n) is 3.47. The molecular weight excluding hydrogens is 434 g/mol. The second-order valence-corrected chi connectivity index (χ2v) is 10.7. The molecule has 0 radical (unpaired) electrons. The molecule has 1 aromatic heterocycles. The van der Waals surface area contributed by atoms with Crippen LogP contribution >= 0.6 is 11.3 Å². The number of aryl methyl sites for hydroxylation is 1. The van der Waals surface area contributed by atoms with E-state index in [4.69, 9.17) is 4.74 Å². The monoisotopic (exact) mass is 459 g/mol. The molecule has 2 aromatic carbocycles. The van der Waals surface area contributed by atoms with Crippen molar-refractivity contribution in [3.63, 3.8) is 0 Å². The van der Waals surface area contributed by atoms with E-state index in [0.29, 0.717) is 42.6 Å². The zero-order valence-corrected chi connectivity index (χ0v) is 19.4. The Balaban J connectivity index is 1.61. The van der Waals surface area contributed by atoms with Crippen LogP contribution in [-0.2, 0) is 21.8 Å². The number of thiazole rings is 1. The lowest BCUT2D eigenvalue weighted by molar-refractivity contribution is 0.0730. The van der Waals surface area contributed by atoms with Crippen molar-refractivity contribution < 1.29 is 17.9 Å². The summed E-state index contributed by atoms with van der Waals surface area (Å²) >= 11 is 1.47. The highest BCUT2D eigenvalue weighted by Gasteiger charge is 2.26. The Morgan fingerprint density at radius 1 is 1.10 bits per heavy atom. The third-order valence-electron chi connectivity index (χ3n) is 5.41. The van der Waals surface area contributed by atoms with Crippen molar-refractivity contribution in [3.8, 4) is 0 Å². The highest BCUT2D eigenvalue weighted by atomic mass is 32.2. The van der Waals surface area contributed by atoms with Crippen molar-refractivity contribution in [2.45, 2.75) is 24.7 Å². The van der Waals surface area contributed by atoms with E-state index in [2.05, 4.69) is 37.0 Å². The lowest BCUT2D eigenvalue weighted by atomic mass is 10.0. The number of fused-ring (bicyclic) bond motifs is 1. The number of carbonyl (C=O) groups excluding carboxylic acids is 1. The van der Waals surface area contributed by atoms with Gasteiger partial charge in [-0.2, -0.15) is 9.30 Å². The lowest BCUT2D eigenvalue weighted by Gasteiger charge is -2.26. The fourth-order valence-corrected chi connectivity index (χ4v) is 5.95. The maximum Gasteiger partial charge on any atom is 0.279 e. The number of ether oxygens (including phenoxy) is 1. The number of nitrogens with zero attached hydrogens (tertiary/aromatic N) is 3. The van der Waals surface area contributed by atoms with Crippen LogP contribution in [0.4, 0.5) is 0 Å². The number of rotatable bonds is 4. The minimum Gasteiger partial charge on any atom is -0.379 e. The molecule has 7 nitrogen and oxygen atoms in total. The first-order chi connectivity index (χ1) is 14.8. The van der Waals surface area contributed by atoms with Gasteiger partial charge >= 0.3 is 0 Å². The smallest absolute Gasteiger partial charge is 0.279 e. The largest absolute Gasteiger partial charge is 0.379 e. The van der Waals surface area contributed by atoms with Gasteiger partial charge in [0.15, 0.2) is 4.80 Å². The first-order valence-electron chi connectivity index (χ1n) is 10.1. The van der Waals surface area contributed by atoms with Crippen LogP contribution in [0.5, 0.6) is 0 Å². The Labute approximate surface area is 185 Å². The molecule has 0 bridgehead atoms. The molecule has 164 valence electrons. The first-order valence-corrected chi connectivity index (χ1v) is 12.4. The van der Waals surface area contributed by atoms with E-state index in [9.17, 15) is 13.2 Å². The minimum absolute atomic E-state index is 0.166. The molecule has 9 heteroatoms. The Hall–Kier alpha value is -2.33.